The van der Waals surface area contributed by atoms with E-state index >= 15 is 0 Å². The van der Waals surface area contributed by atoms with Gasteiger partial charge in [-0.3, -0.25) is 0 Å². The van der Waals surface area contributed by atoms with E-state index in [-0.39, 0.29) is 11.6 Å². The van der Waals surface area contributed by atoms with Crippen LogP contribution in [-0.2, 0) is 0 Å². The SMILES string of the molecule is COc1cc(Nc2cc(F)ccc2Br)ccc1F. The van der Waals surface area contributed by atoms with Crippen molar-refractivity contribution in [2.75, 3.05) is 12.4 Å². The molecule has 0 fully saturated rings. The van der Waals surface area contributed by atoms with Gasteiger partial charge in [0.05, 0.1) is 12.8 Å². The Kier molecular flexibility index (Phi) is 3.81. The number of hydrogen-bond donors (Lipinski definition) is 1. The van der Waals surface area contributed by atoms with E-state index in [1.54, 1.807) is 12.1 Å². The summed E-state index contributed by atoms with van der Waals surface area (Å²) < 4.78 is 31.9. The summed E-state index contributed by atoms with van der Waals surface area (Å²) in [5.41, 5.74) is 1.17. The van der Waals surface area contributed by atoms with Crippen LogP contribution in [0.4, 0.5) is 20.2 Å². The van der Waals surface area contributed by atoms with Crippen molar-refractivity contribution >= 4 is 27.3 Å². The summed E-state index contributed by atoms with van der Waals surface area (Å²) in [7, 11) is 1.39. The van der Waals surface area contributed by atoms with Crippen LogP contribution in [0.25, 0.3) is 0 Å². The highest BCUT2D eigenvalue weighted by atomic mass is 79.9. The van der Waals surface area contributed by atoms with Gasteiger partial charge in [-0.2, -0.15) is 0 Å². The molecule has 18 heavy (non-hydrogen) atoms. The highest BCUT2D eigenvalue weighted by molar-refractivity contribution is 9.10. The summed E-state index contributed by atoms with van der Waals surface area (Å²) in [6.45, 7) is 0. The molecular weight excluding hydrogens is 304 g/mol. The maximum atomic E-state index is 13.2. The Morgan fingerprint density at radius 1 is 1.11 bits per heavy atom. The largest absolute Gasteiger partial charge is 0.494 e. The molecule has 0 aromatic heterocycles. The second kappa shape index (κ2) is 5.35. The van der Waals surface area contributed by atoms with Crippen LogP contribution in [0, 0.1) is 11.6 Å². The smallest absolute Gasteiger partial charge is 0.165 e. The maximum absolute atomic E-state index is 13.2. The van der Waals surface area contributed by atoms with Crippen LogP contribution in [0.15, 0.2) is 40.9 Å². The van der Waals surface area contributed by atoms with Gasteiger partial charge in [-0.1, -0.05) is 0 Å². The van der Waals surface area contributed by atoms with Crippen molar-refractivity contribution < 1.29 is 13.5 Å². The van der Waals surface area contributed by atoms with Gasteiger partial charge in [-0.25, -0.2) is 8.78 Å². The molecule has 0 heterocycles. The number of benzene rings is 2. The zero-order valence-electron chi connectivity index (χ0n) is 9.51. The molecule has 0 bridgehead atoms. The summed E-state index contributed by atoms with van der Waals surface area (Å²) in [6.07, 6.45) is 0. The minimum Gasteiger partial charge on any atom is -0.494 e. The van der Waals surface area contributed by atoms with Gasteiger partial charge in [-0.05, 0) is 46.3 Å². The number of rotatable bonds is 3. The average molecular weight is 314 g/mol. The van der Waals surface area contributed by atoms with Crippen LogP contribution in [0.2, 0.25) is 0 Å². The lowest BCUT2D eigenvalue weighted by Crippen LogP contribution is -1.95. The molecule has 2 nitrogen and oxygen atoms in total. The zero-order chi connectivity index (χ0) is 13.1. The monoisotopic (exact) mass is 313 g/mol. The minimum atomic E-state index is -0.443. The Morgan fingerprint density at radius 3 is 2.61 bits per heavy atom. The van der Waals surface area contributed by atoms with Crippen LogP contribution >= 0.6 is 15.9 Å². The molecule has 2 aromatic rings. The van der Waals surface area contributed by atoms with E-state index in [0.717, 1.165) is 0 Å². The summed E-state index contributed by atoms with van der Waals surface area (Å²) in [5.74, 6) is -0.663. The molecule has 94 valence electrons. The van der Waals surface area contributed by atoms with Gasteiger partial charge in [0.1, 0.15) is 5.82 Å². The van der Waals surface area contributed by atoms with E-state index in [9.17, 15) is 8.78 Å². The lowest BCUT2D eigenvalue weighted by atomic mass is 10.2. The van der Waals surface area contributed by atoms with Gasteiger partial charge >= 0.3 is 0 Å². The van der Waals surface area contributed by atoms with Gasteiger partial charge < -0.3 is 10.1 Å². The first-order chi connectivity index (χ1) is 8.60. The molecule has 0 unspecified atom stereocenters. The standard InChI is InChI=1S/C13H10BrF2NO/c1-18-13-7-9(3-5-11(13)16)17-12-6-8(15)2-4-10(12)14/h2-7,17H,1H3. The molecule has 0 saturated heterocycles. The van der Waals surface area contributed by atoms with Gasteiger partial charge in [0.2, 0.25) is 0 Å². The third kappa shape index (κ3) is 2.79. The summed E-state index contributed by atoms with van der Waals surface area (Å²) in [4.78, 5) is 0. The first-order valence-corrected chi connectivity index (χ1v) is 5.95. The molecule has 5 heteroatoms. The molecule has 0 saturated carbocycles. The third-order valence-corrected chi connectivity index (χ3v) is 3.05. The molecule has 0 atom stereocenters. The van der Waals surface area contributed by atoms with Crippen LogP contribution < -0.4 is 10.1 Å². The number of anilines is 2. The Hall–Kier alpha value is -1.62. The first-order valence-electron chi connectivity index (χ1n) is 5.16. The molecule has 0 aliphatic carbocycles. The summed E-state index contributed by atoms with van der Waals surface area (Å²) in [6, 6.07) is 8.63. The quantitative estimate of drug-likeness (QED) is 0.902. The molecule has 0 aliphatic rings. The van der Waals surface area contributed by atoms with Crippen LogP contribution in [0.3, 0.4) is 0 Å². The predicted octanol–water partition coefficient (Wildman–Crippen LogP) is 4.48. The predicted molar refractivity (Wildman–Crippen MR) is 70.3 cm³/mol. The fourth-order valence-corrected chi connectivity index (χ4v) is 1.83. The molecule has 0 radical (unpaired) electrons. The van der Waals surface area contributed by atoms with Crippen molar-refractivity contribution in [1.29, 1.82) is 0 Å². The number of halogens is 3. The highest BCUT2D eigenvalue weighted by Crippen LogP contribution is 2.29. The Labute approximate surface area is 112 Å². The fourth-order valence-electron chi connectivity index (χ4n) is 1.49. The number of nitrogens with one attached hydrogen (secondary N) is 1. The second-order valence-corrected chi connectivity index (χ2v) is 4.45. The van der Waals surface area contributed by atoms with Crippen molar-refractivity contribution in [3.63, 3.8) is 0 Å². The van der Waals surface area contributed by atoms with E-state index in [1.165, 1.54) is 31.4 Å². The lowest BCUT2D eigenvalue weighted by Gasteiger charge is -2.10. The van der Waals surface area contributed by atoms with Crippen molar-refractivity contribution in [1.82, 2.24) is 0 Å². The van der Waals surface area contributed by atoms with Crippen LogP contribution in [0.5, 0.6) is 5.75 Å². The van der Waals surface area contributed by atoms with E-state index in [1.807, 2.05) is 0 Å². The first kappa shape index (κ1) is 12.8. The zero-order valence-corrected chi connectivity index (χ0v) is 11.1. The Bertz CT molecular complexity index is 575. The van der Waals surface area contributed by atoms with Gasteiger partial charge in [0.15, 0.2) is 11.6 Å². The van der Waals surface area contributed by atoms with Crippen LogP contribution in [0.1, 0.15) is 0 Å². The van der Waals surface area contributed by atoms with E-state index in [0.29, 0.717) is 15.8 Å². The van der Waals surface area contributed by atoms with Gasteiger partial charge in [-0.15, -0.1) is 0 Å². The van der Waals surface area contributed by atoms with Crippen molar-refractivity contribution in [2.45, 2.75) is 0 Å². The topological polar surface area (TPSA) is 21.3 Å². The van der Waals surface area contributed by atoms with E-state index < -0.39 is 5.82 Å². The molecule has 1 N–H and O–H groups in total. The number of hydrogen-bond acceptors (Lipinski definition) is 2. The highest BCUT2D eigenvalue weighted by Gasteiger charge is 2.06. The number of methoxy groups -OCH3 is 1. The van der Waals surface area contributed by atoms with Crippen molar-refractivity contribution in [2.24, 2.45) is 0 Å². The Morgan fingerprint density at radius 2 is 1.89 bits per heavy atom. The Balaban J connectivity index is 2.31. The average Bonchev–Trinajstić information content (AvgIpc) is 2.36. The minimum absolute atomic E-state index is 0.132. The second-order valence-electron chi connectivity index (χ2n) is 3.60. The molecular formula is C13H10BrF2NO. The fraction of sp³-hybridized carbons (Fsp3) is 0.0769. The van der Waals surface area contributed by atoms with Gasteiger partial charge in [0, 0.05) is 16.2 Å². The summed E-state index contributed by atoms with van der Waals surface area (Å²) in [5, 5.41) is 2.98. The van der Waals surface area contributed by atoms with E-state index in [4.69, 9.17) is 4.74 Å². The maximum Gasteiger partial charge on any atom is 0.165 e. The van der Waals surface area contributed by atoms with Gasteiger partial charge in [0.25, 0.3) is 0 Å². The van der Waals surface area contributed by atoms with Crippen molar-refractivity contribution in [3.8, 4) is 5.75 Å². The molecule has 2 rings (SSSR count). The molecule has 0 spiro atoms. The molecule has 2 aromatic carbocycles. The summed E-state index contributed by atoms with van der Waals surface area (Å²) >= 11 is 3.30. The number of ether oxygens (including phenoxy) is 1. The normalized spacial score (nSPS) is 10.2. The van der Waals surface area contributed by atoms with E-state index in [2.05, 4.69) is 21.2 Å². The van der Waals surface area contributed by atoms with Crippen LogP contribution in [-0.4, -0.2) is 7.11 Å². The third-order valence-electron chi connectivity index (χ3n) is 2.36. The molecule has 0 aliphatic heterocycles. The molecule has 0 amide bonds. The van der Waals surface area contributed by atoms with Crippen molar-refractivity contribution in [3.05, 3.63) is 52.5 Å². The lowest BCUT2D eigenvalue weighted by molar-refractivity contribution is 0.387.